The van der Waals surface area contributed by atoms with Crippen LogP contribution in [0.5, 0.6) is 0 Å². The molecule has 3 amide bonds. The first-order valence-electron chi connectivity index (χ1n) is 9.49. The van der Waals surface area contributed by atoms with Crippen molar-refractivity contribution in [2.24, 2.45) is 5.41 Å². The summed E-state index contributed by atoms with van der Waals surface area (Å²) in [6.07, 6.45) is 5.12. The number of nitrogens with zero attached hydrogens (tertiary/aromatic N) is 2. The summed E-state index contributed by atoms with van der Waals surface area (Å²) in [4.78, 5) is 30.2. The third-order valence-electron chi connectivity index (χ3n) is 5.89. The smallest absolute Gasteiger partial charge is 0.323 e. The SMILES string of the molecule is CNC(=O)c1ccnc(NC(=O)N2CCC3(CC2)Cc2ccc(F)cc2C3)c1. The number of benzene rings is 1. The van der Waals surface area contributed by atoms with Crippen molar-refractivity contribution in [3.63, 3.8) is 0 Å². The van der Waals surface area contributed by atoms with Crippen molar-refractivity contribution in [2.45, 2.75) is 25.7 Å². The normalized spacial score (nSPS) is 17.3. The number of anilines is 1. The molecule has 2 N–H and O–H groups in total. The Labute approximate surface area is 163 Å². The number of rotatable bonds is 2. The maximum Gasteiger partial charge on any atom is 0.323 e. The van der Waals surface area contributed by atoms with Gasteiger partial charge in [-0.2, -0.15) is 0 Å². The molecule has 0 saturated carbocycles. The Hall–Kier alpha value is -2.96. The minimum Gasteiger partial charge on any atom is -0.355 e. The highest BCUT2D eigenvalue weighted by Crippen LogP contribution is 2.44. The van der Waals surface area contributed by atoms with Crippen molar-refractivity contribution < 1.29 is 14.0 Å². The minimum atomic E-state index is -0.227. The number of carbonyl (C=O) groups is 2. The van der Waals surface area contributed by atoms with Crippen LogP contribution in [0.25, 0.3) is 0 Å². The lowest BCUT2D eigenvalue weighted by molar-refractivity contribution is 0.0963. The van der Waals surface area contributed by atoms with Crippen LogP contribution in [0.2, 0.25) is 0 Å². The highest BCUT2D eigenvalue weighted by Gasteiger charge is 2.40. The molecule has 6 nitrogen and oxygen atoms in total. The van der Waals surface area contributed by atoms with Gasteiger partial charge in [-0.25, -0.2) is 14.2 Å². The first-order chi connectivity index (χ1) is 13.5. The molecule has 1 aliphatic heterocycles. The molecule has 0 atom stereocenters. The minimum absolute atomic E-state index is 0.129. The van der Waals surface area contributed by atoms with Crippen LogP contribution in [0.1, 0.15) is 34.3 Å². The average Bonchev–Trinajstić information content (AvgIpc) is 3.04. The molecular formula is C21H23FN4O2. The fourth-order valence-electron chi connectivity index (χ4n) is 4.31. The standard InChI is InChI=1S/C21H23FN4O2/c1-23-19(27)14-4-7-24-18(11-14)25-20(28)26-8-5-21(6-9-26)12-15-2-3-17(22)10-16(15)13-21/h2-4,7,10-11H,5-6,8-9,12-13H2,1H3,(H,23,27)(H,24,25,28). The lowest BCUT2D eigenvalue weighted by atomic mass is 9.76. The lowest BCUT2D eigenvalue weighted by Crippen LogP contribution is -2.45. The van der Waals surface area contributed by atoms with Gasteiger partial charge in [-0.05, 0) is 66.5 Å². The van der Waals surface area contributed by atoms with E-state index in [2.05, 4.69) is 15.6 Å². The molecule has 1 aromatic carbocycles. The van der Waals surface area contributed by atoms with Gasteiger partial charge < -0.3 is 10.2 Å². The second-order valence-corrected chi connectivity index (χ2v) is 7.69. The maximum absolute atomic E-state index is 13.5. The fourth-order valence-corrected chi connectivity index (χ4v) is 4.31. The Morgan fingerprint density at radius 1 is 1.11 bits per heavy atom. The summed E-state index contributed by atoms with van der Waals surface area (Å²) in [6.45, 7) is 1.30. The van der Waals surface area contributed by atoms with E-state index in [1.807, 2.05) is 6.07 Å². The van der Waals surface area contributed by atoms with Crippen LogP contribution >= 0.6 is 0 Å². The van der Waals surface area contributed by atoms with Crippen molar-refractivity contribution in [1.29, 1.82) is 0 Å². The molecule has 1 fully saturated rings. The Bertz CT molecular complexity index is 922. The Balaban J connectivity index is 1.37. The summed E-state index contributed by atoms with van der Waals surface area (Å²) >= 11 is 0. The van der Waals surface area contributed by atoms with Gasteiger partial charge in [0.2, 0.25) is 0 Å². The number of halogens is 1. The van der Waals surface area contributed by atoms with Crippen LogP contribution in [0.15, 0.2) is 36.5 Å². The highest BCUT2D eigenvalue weighted by atomic mass is 19.1. The number of piperidine rings is 1. The first kappa shape index (κ1) is 18.4. The van der Waals surface area contributed by atoms with Crippen molar-refractivity contribution in [1.82, 2.24) is 15.2 Å². The number of urea groups is 1. The fraction of sp³-hybridized carbons (Fsp3) is 0.381. The van der Waals surface area contributed by atoms with E-state index in [0.29, 0.717) is 24.5 Å². The van der Waals surface area contributed by atoms with Crippen molar-refractivity contribution in [3.05, 3.63) is 59.0 Å². The van der Waals surface area contributed by atoms with Gasteiger partial charge in [-0.3, -0.25) is 10.1 Å². The zero-order chi connectivity index (χ0) is 19.7. The van der Waals surface area contributed by atoms with Gasteiger partial charge in [-0.15, -0.1) is 0 Å². The summed E-state index contributed by atoms with van der Waals surface area (Å²) in [5.41, 5.74) is 2.91. The van der Waals surface area contributed by atoms with Crippen LogP contribution in [0, 0.1) is 11.2 Å². The van der Waals surface area contributed by atoms with E-state index in [1.54, 1.807) is 30.1 Å². The lowest BCUT2D eigenvalue weighted by Gasteiger charge is -2.39. The third-order valence-corrected chi connectivity index (χ3v) is 5.89. The number of aromatic nitrogens is 1. The second-order valence-electron chi connectivity index (χ2n) is 7.69. The van der Waals surface area contributed by atoms with E-state index in [9.17, 15) is 14.0 Å². The number of hydrogen-bond donors (Lipinski definition) is 2. The summed E-state index contributed by atoms with van der Waals surface area (Å²) in [5.74, 6) is -0.0516. The van der Waals surface area contributed by atoms with E-state index in [-0.39, 0.29) is 23.2 Å². The van der Waals surface area contributed by atoms with Gasteiger partial charge in [0.15, 0.2) is 0 Å². The van der Waals surface area contributed by atoms with Crippen LogP contribution < -0.4 is 10.6 Å². The molecule has 0 unspecified atom stereocenters. The molecule has 1 saturated heterocycles. The summed E-state index contributed by atoms with van der Waals surface area (Å²) in [6, 6.07) is 8.01. The monoisotopic (exact) mass is 382 g/mol. The molecule has 28 heavy (non-hydrogen) atoms. The molecule has 1 spiro atoms. The number of fused-ring (bicyclic) bond motifs is 1. The molecule has 2 heterocycles. The quantitative estimate of drug-likeness (QED) is 0.839. The van der Waals surface area contributed by atoms with Crippen LogP contribution in [-0.2, 0) is 12.8 Å². The van der Waals surface area contributed by atoms with E-state index in [1.165, 1.54) is 17.8 Å². The zero-order valence-corrected chi connectivity index (χ0v) is 15.8. The van der Waals surface area contributed by atoms with Gasteiger partial charge >= 0.3 is 6.03 Å². The Kier molecular flexibility index (Phi) is 4.75. The number of carbonyl (C=O) groups excluding carboxylic acids is 2. The first-order valence-corrected chi connectivity index (χ1v) is 9.49. The van der Waals surface area contributed by atoms with Crippen LogP contribution in [0.4, 0.5) is 15.0 Å². The van der Waals surface area contributed by atoms with E-state index < -0.39 is 0 Å². The molecule has 2 aromatic rings. The second kappa shape index (κ2) is 7.22. The van der Waals surface area contributed by atoms with Crippen molar-refractivity contribution in [3.8, 4) is 0 Å². The van der Waals surface area contributed by atoms with Crippen molar-refractivity contribution in [2.75, 3.05) is 25.5 Å². The van der Waals surface area contributed by atoms with Gasteiger partial charge in [0.1, 0.15) is 11.6 Å². The zero-order valence-electron chi connectivity index (χ0n) is 15.8. The van der Waals surface area contributed by atoms with Gasteiger partial charge in [0.05, 0.1) is 0 Å². The molecule has 0 bridgehead atoms. The molecule has 7 heteroatoms. The van der Waals surface area contributed by atoms with Crippen LogP contribution in [0.3, 0.4) is 0 Å². The number of hydrogen-bond acceptors (Lipinski definition) is 3. The molecule has 1 aliphatic carbocycles. The van der Waals surface area contributed by atoms with Gasteiger partial charge in [0.25, 0.3) is 5.91 Å². The molecule has 4 rings (SSSR count). The van der Waals surface area contributed by atoms with E-state index in [0.717, 1.165) is 31.2 Å². The predicted molar refractivity (Wildman–Crippen MR) is 104 cm³/mol. The number of pyridine rings is 1. The number of likely N-dealkylation sites (tertiary alicyclic amines) is 1. The average molecular weight is 382 g/mol. The summed E-state index contributed by atoms with van der Waals surface area (Å²) < 4.78 is 13.5. The Morgan fingerprint density at radius 3 is 2.61 bits per heavy atom. The van der Waals surface area contributed by atoms with Crippen molar-refractivity contribution >= 4 is 17.8 Å². The van der Waals surface area contributed by atoms with E-state index >= 15 is 0 Å². The molecule has 0 radical (unpaired) electrons. The molecule has 2 aliphatic rings. The number of nitrogens with one attached hydrogen (secondary N) is 2. The van der Waals surface area contributed by atoms with Gasteiger partial charge in [-0.1, -0.05) is 6.07 Å². The maximum atomic E-state index is 13.5. The van der Waals surface area contributed by atoms with Crippen LogP contribution in [-0.4, -0.2) is 42.0 Å². The summed E-state index contributed by atoms with van der Waals surface area (Å²) in [7, 11) is 1.56. The number of amides is 3. The molecular weight excluding hydrogens is 359 g/mol. The van der Waals surface area contributed by atoms with E-state index in [4.69, 9.17) is 0 Å². The highest BCUT2D eigenvalue weighted by molar-refractivity contribution is 5.96. The van der Waals surface area contributed by atoms with Gasteiger partial charge in [0, 0.05) is 31.9 Å². The topological polar surface area (TPSA) is 74.3 Å². The molecule has 146 valence electrons. The summed E-state index contributed by atoms with van der Waals surface area (Å²) in [5, 5.41) is 5.33. The predicted octanol–water partition coefficient (Wildman–Crippen LogP) is 2.99. The Morgan fingerprint density at radius 2 is 1.86 bits per heavy atom. The third kappa shape index (κ3) is 3.56. The largest absolute Gasteiger partial charge is 0.355 e. The molecule has 1 aromatic heterocycles.